The van der Waals surface area contributed by atoms with Gasteiger partial charge in [-0.15, -0.1) is 0 Å². The lowest BCUT2D eigenvalue weighted by Crippen LogP contribution is -2.09. The molecule has 0 atom stereocenters. The van der Waals surface area contributed by atoms with Crippen molar-refractivity contribution in [3.63, 3.8) is 0 Å². The maximum Gasteiger partial charge on any atom is 0.219 e. The molecule has 4 rings (SSSR count). The molecule has 2 aromatic carbocycles. The van der Waals surface area contributed by atoms with Gasteiger partial charge >= 0.3 is 0 Å². The Bertz CT molecular complexity index is 1020. The monoisotopic (exact) mass is 370 g/mol. The second-order valence-electron chi connectivity index (χ2n) is 6.80. The zero-order chi connectivity index (χ0) is 19.3. The first kappa shape index (κ1) is 18.0. The second kappa shape index (κ2) is 8.09. The summed E-state index contributed by atoms with van der Waals surface area (Å²) in [4.78, 5) is 4.43. The van der Waals surface area contributed by atoms with E-state index in [1.807, 2.05) is 48.5 Å². The van der Waals surface area contributed by atoms with Gasteiger partial charge in [0.15, 0.2) is 0 Å². The quantitative estimate of drug-likeness (QED) is 0.278. The minimum atomic E-state index is 0.630. The van der Waals surface area contributed by atoms with Crippen LogP contribution in [0.1, 0.15) is 28.8 Å². The number of hydrogen-bond acceptors (Lipinski definition) is 3. The van der Waals surface area contributed by atoms with Gasteiger partial charge in [0.25, 0.3) is 0 Å². The lowest BCUT2D eigenvalue weighted by molar-refractivity contribution is -0.421. The molecule has 0 N–H and O–H groups in total. The van der Waals surface area contributed by atoms with Crippen LogP contribution in [-0.4, -0.2) is 29.1 Å². The Morgan fingerprint density at radius 1 is 0.964 bits per heavy atom. The number of pyridine rings is 1. The third kappa shape index (κ3) is 3.81. The number of hydrogen-bond donors (Lipinski definition) is 0. The molecule has 0 saturated carbocycles. The SMILES string of the molecule is C/[N+]([O-])=C1/C=C(c2ccccn2)c2ccc(OCCCc3ccccc3)cc21. The van der Waals surface area contributed by atoms with E-state index < -0.39 is 0 Å². The largest absolute Gasteiger partial charge is 0.624 e. The van der Waals surface area contributed by atoms with E-state index in [2.05, 4.69) is 29.2 Å². The molecule has 140 valence electrons. The summed E-state index contributed by atoms with van der Waals surface area (Å²) in [6, 6.07) is 22.1. The number of hydroxylamine groups is 1. The first-order valence-corrected chi connectivity index (χ1v) is 9.45. The van der Waals surface area contributed by atoms with Crippen LogP contribution in [0.2, 0.25) is 0 Å². The van der Waals surface area contributed by atoms with Gasteiger partial charge in [0, 0.05) is 17.8 Å². The van der Waals surface area contributed by atoms with Gasteiger partial charge in [-0.25, -0.2) is 4.74 Å². The molecule has 4 heteroatoms. The highest BCUT2D eigenvalue weighted by atomic mass is 16.5. The molecule has 0 spiro atoms. The maximum atomic E-state index is 12.1. The Kier molecular flexibility index (Phi) is 5.20. The fourth-order valence-electron chi connectivity index (χ4n) is 3.46. The van der Waals surface area contributed by atoms with Crippen LogP contribution >= 0.6 is 0 Å². The third-order valence-electron chi connectivity index (χ3n) is 4.84. The van der Waals surface area contributed by atoms with Crippen molar-refractivity contribution in [3.8, 4) is 5.75 Å². The van der Waals surface area contributed by atoms with E-state index in [0.29, 0.717) is 12.3 Å². The van der Waals surface area contributed by atoms with Crippen LogP contribution < -0.4 is 4.74 Å². The lowest BCUT2D eigenvalue weighted by atomic mass is 10.0. The molecular formula is C24H22N2O2. The number of ether oxygens (including phenoxy) is 1. The van der Waals surface area contributed by atoms with Crippen LogP contribution in [0, 0.1) is 5.21 Å². The van der Waals surface area contributed by atoms with Crippen molar-refractivity contribution in [3.05, 3.63) is 107 Å². The number of aryl methyl sites for hydroxylation is 1. The molecular weight excluding hydrogens is 348 g/mol. The van der Waals surface area contributed by atoms with Crippen LogP contribution in [0.5, 0.6) is 5.75 Å². The Morgan fingerprint density at radius 3 is 2.54 bits per heavy atom. The minimum Gasteiger partial charge on any atom is -0.624 e. The van der Waals surface area contributed by atoms with Crippen LogP contribution in [0.3, 0.4) is 0 Å². The van der Waals surface area contributed by atoms with E-state index in [1.54, 1.807) is 6.20 Å². The summed E-state index contributed by atoms with van der Waals surface area (Å²) < 4.78 is 6.85. The van der Waals surface area contributed by atoms with Gasteiger partial charge in [-0.3, -0.25) is 4.98 Å². The van der Waals surface area contributed by atoms with E-state index in [9.17, 15) is 5.21 Å². The van der Waals surface area contributed by atoms with Crippen LogP contribution in [0.15, 0.2) is 79.0 Å². The predicted molar refractivity (Wildman–Crippen MR) is 112 cm³/mol. The highest BCUT2D eigenvalue weighted by Gasteiger charge is 2.26. The van der Waals surface area contributed by atoms with Crippen molar-refractivity contribution in [2.24, 2.45) is 0 Å². The minimum absolute atomic E-state index is 0.630. The Balaban J connectivity index is 1.50. The molecule has 3 aromatic rings. The van der Waals surface area contributed by atoms with E-state index in [-0.39, 0.29) is 0 Å². The topological polar surface area (TPSA) is 48.2 Å². The fourth-order valence-corrected chi connectivity index (χ4v) is 3.46. The van der Waals surface area contributed by atoms with Gasteiger partial charge in [0.1, 0.15) is 12.8 Å². The second-order valence-corrected chi connectivity index (χ2v) is 6.80. The molecule has 1 aliphatic rings. The average Bonchev–Trinajstić information content (AvgIpc) is 3.12. The zero-order valence-electron chi connectivity index (χ0n) is 15.8. The average molecular weight is 370 g/mol. The van der Waals surface area contributed by atoms with Crippen molar-refractivity contribution in [1.82, 2.24) is 4.98 Å². The molecule has 1 aliphatic carbocycles. The van der Waals surface area contributed by atoms with Crippen LogP contribution in [0.4, 0.5) is 0 Å². The van der Waals surface area contributed by atoms with Crippen molar-refractivity contribution in [2.75, 3.05) is 13.7 Å². The van der Waals surface area contributed by atoms with E-state index in [0.717, 1.165) is 45.7 Å². The molecule has 0 bridgehead atoms. The number of benzene rings is 2. The van der Waals surface area contributed by atoms with Gasteiger partial charge in [-0.2, -0.15) is 0 Å². The molecule has 0 aliphatic heterocycles. The first-order valence-electron chi connectivity index (χ1n) is 9.45. The number of allylic oxidation sites excluding steroid dienone is 1. The van der Waals surface area contributed by atoms with Gasteiger partial charge in [0.2, 0.25) is 5.71 Å². The van der Waals surface area contributed by atoms with Crippen molar-refractivity contribution in [2.45, 2.75) is 12.8 Å². The molecule has 0 saturated heterocycles. The molecule has 0 amide bonds. The Labute approximate surface area is 165 Å². The van der Waals surface area contributed by atoms with Crippen LogP contribution in [0.25, 0.3) is 5.57 Å². The van der Waals surface area contributed by atoms with E-state index >= 15 is 0 Å². The summed E-state index contributed by atoms with van der Waals surface area (Å²) in [6.07, 6.45) is 5.59. The summed E-state index contributed by atoms with van der Waals surface area (Å²) in [7, 11) is 1.52. The standard InChI is InChI=1S/C24H22N2O2/c1-26(27)24-17-21(23-11-5-6-14-25-23)20-13-12-19(16-22(20)24)28-15-7-10-18-8-3-2-4-9-18/h2-6,8-9,11-14,16-17H,7,10,15H2,1H3/b26-24+. The highest BCUT2D eigenvalue weighted by Crippen LogP contribution is 2.34. The number of nitrogens with zero attached hydrogens (tertiary/aromatic N) is 2. The highest BCUT2D eigenvalue weighted by molar-refractivity contribution is 6.19. The summed E-state index contributed by atoms with van der Waals surface area (Å²) in [5, 5.41) is 12.1. The van der Waals surface area contributed by atoms with Gasteiger partial charge in [-0.1, -0.05) is 36.4 Å². The van der Waals surface area contributed by atoms with Crippen molar-refractivity contribution < 1.29 is 9.48 Å². The van der Waals surface area contributed by atoms with Crippen molar-refractivity contribution in [1.29, 1.82) is 0 Å². The molecule has 1 heterocycles. The molecule has 0 fully saturated rings. The lowest BCUT2D eigenvalue weighted by Gasteiger charge is -2.10. The molecule has 0 unspecified atom stereocenters. The number of fused-ring (bicyclic) bond motifs is 1. The zero-order valence-corrected chi connectivity index (χ0v) is 15.8. The van der Waals surface area contributed by atoms with Gasteiger partial charge in [0.05, 0.1) is 17.9 Å². The summed E-state index contributed by atoms with van der Waals surface area (Å²) in [5.74, 6) is 0.779. The molecule has 28 heavy (non-hydrogen) atoms. The predicted octanol–water partition coefficient (Wildman–Crippen LogP) is 4.47. The summed E-state index contributed by atoms with van der Waals surface area (Å²) >= 11 is 0. The fraction of sp³-hybridized carbons (Fsp3) is 0.167. The summed E-state index contributed by atoms with van der Waals surface area (Å²) in [6.45, 7) is 0.636. The normalized spacial score (nSPS) is 14.4. The molecule has 1 aromatic heterocycles. The number of aromatic nitrogens is 1. The van der Waals surface area contributed by atoms with E-state index in [1.165, 1.54) is 12.6 Å². The van der Waals surface area contributed by atoms with Gasteiger partial charge in [-0.05, 0) is 54.3 Å². The van der Waals surface area contributed by atoms with Crippen LogP contribution in [-0.2, 0) is 6.42 Å². The maximum absolute atomic E-state index is 12.1. The molecule has 4 nitrogen and oxygen atoms in total. The summed E-state index contributed by atoms with van der Waals surface area (Å²) in [5.41, 5.74) is 5.66. The Morgan fingerprint density at radius 2 is 1.79 bits per heavy atom. The van der Waals surface area contributed by atoms with Gasteiger partial charge < -0.3 is 9.94 Å². The number of rotatable bonds is 6. The Hall–Kier alpha value is -3.40. The third-order valence-corrected chi connectivity index (χ3v) is 4.84. The van der Waals surface area contributed by atoms with E-state index in [4.69, 9.17) is 4.74 Å². The van der Waals surface area contributed by atoms with Crippen molar-refractivity contribution >= 4 is 11.3 Å². The smallest absolute Gasteiger partial charge is 0.219 e. The first-order chi connectivity index (χ1) is 13.7. The molecule has 0 radical (unpaired) electrons.